The molecule has 2 rings (SSSR count). The van der Waals surface area contributed by atoms with Crippen molar-refractivity contribution in [3.63, 3.8) is 0 Å². The van der Waals surface area contributed by atoms with Crippen molar-refractivity contribution >= 4 is 27.7 Å². The molecule has 0 saturated carbocycles. The minimum absolute atomic E-state index is 0.0228. The van der Waals surface area contributed by atoms with E-state index < -0.39 is 0 Å². The van der Waals surface area contributed by atoms with Gasteiger partial charge in [0.15, 0.2) is 0 Å². The monoisotopic (exact) mass is 325 g/mol. The van der Waals surface area contributed by atoms with Gasteiger partial charge in [-0.15, -0.1) is 0 Å². The fourth-order valence-corrected chi connectivity index (χ4v) is 2.35. The SMILES string of the molecule is CC(=O)N1CCCN(C(=O)c2ccc(Br)nc2)CC1. The second-order valence-corrected chi connectivity index (χ2v) is 5.33. The third-order valence-electron chi connectivity index (χ3n) is 3.20. The summed E-state index contributed by atoms with van der Waals surface area (Å²) >= 11 is 3.25. The van der Waals surface area contributed by atoms with Crippen LogP contribution in [0.25, 0.3) is 0 Å². The average molecular weight is 326 g/mol. The van der Waals surface area contributed by atoms with E-state index in [0.29, 0.717) is 29.8 Å². The van der Waals surface area contributed by atoms with Crippen LogP contribution in [0.2, 0.25) is 0 Å². The summed E-state index contributed by atoms with van der Waals surface area (Å²) in [5, 5.41) is 0. The zero-order valence-corrected chi connectivity index (χ0v) is 12.4. The van der Waals surface area contributed by atoms with Crippen LogP contribution in [0.1, 0.15) is 23.7 Å². The Labute approximate surface area is 120 Å². The van der Waals surface area contributed by atoms with Crippen LogP contribution in [-0.4, -0.2) is 52.8 Å². The topological polar surface area (TPSA) is 53.5 Å². The van der Waals surface area contributed by atoms with Gasteiger partial charge in [0.1, 0.15) is 4.60 Å². The van der Waals surface area contributed by atoms with Crippen molar-refractivity contribution in [2.45, 2.75) is 13.3 Å². The first-order valence-corrected chi connectivity index (χ1v) is 7.03. The van der Waals surface area contributed by atoms with E-state index in [1.54, 1.807) is 35.1 Å². The third-order valence-corrected chi connectivity index (χ3v) is 3.67. The Hall–Kier alpha value is -1.43. The summed E-state index contributed by atoms with van der Waals surface area (Å²) in [7, 11) is 0. The van der Waals surface area contributed by atoms with Gasteiger partial charge < -0.3 is 9.80 Å². The summed E-state index contributed by atoms with van der Waals surface area (Å²) < 4.78 is 0.711. The first-order chi connectivity index (χ1) is 9.08. The molecule has 1 saturated heterocycles. The van der Waals surface area contributed by atoms with E-state index in [4.69, 9.17) is 0 Å². The van der Waals surface area contributed by atoms with Gasteiger partial charge in [0, 0.05) is 39.3 Å². The highest BCUT2D eigenvalue weighted by molar-refractivity contribution is 9.10. The Morgan fingerprint density at radius 2 is 1.84 bits per heavy atom. The molecule has 102 valence electrons. The van der Waals surface area contributed by atoms with Crippen molar-refractivity contribution in [2.75, 3.05) is 26.2 Å². The molecule has 1 aliphatic heterocycles. The number of hydrogen-bond acceptors (Lipinski definition) is 3. The predicted molar refractivity (Wildman–Crippen MR) is 74.7 cm³/mol. The lowest BCUT2D eigenvalue weighted by Gasteiger charge is -2.21. The summed E-state index contributed by atoms with van der Waals surface area (Å²) in [5.41, 5.74) is 0.583. The molecule has 1 fully saturated rings. The summed E-state index contributed by atoms with van der Waals surface area (Å²) in [6, 6.07) is 3.51. The highest BCUT2D eigenvalue weighted by atomic mass is 79.9. The van der Waals surface area contributed by atoms with Gasteiger partial charge >= 0.3 is 0 Å². The second kappa shape index (κ2) is 6.14. The molecule has 5 nitrogen and oxygen atoms in total. The van der Waals surface area contributed by atoms with Crippen LogP contribution in [0.5, 0.6) is 0 Å². The lowest BCUT2D eigenvalue weighted by Crippen LogP contribution is -2.36. The van der Waals surface area contributed by atoms with Gasteiger partial charge in [-0.2, -0.15) is 0 Å². The number of rotatable bonds is 1. The summed E-state index contributed by atoms with van der Waals surface area (Å²) in [5.74, 6) is 0.0463. The highest BCUT2D eigenvalue weighted by Crippen LogP contribution is 2.11. The van der Waals surface area contributed by atoms with Crippen molar-refractivity contribution in [1.82, 2.24) is 14.8 Å². The summed E-state index contributed by atoms with van der Waals surface area (Å²) in [6.07, 6.45) is 2.38. The molecule has 0 N–H and O–H groups in total. The summed E-state index contributed by atoms with van der Waals surface area (Å²) in [6.45, 7) is 4.14. The normalized spacial score (nSPS) is 16.1. The van der Waals surface area contributed by atoms with Crippen molar-refractivity contribution in [2.24, 2.45) is 0 Å². The Bertz CT molecular complexity index is 475. The molecular formula is C13H16BrN3O2. The molecule has 0 spiro atoms. The van der Waals surface area contributed by atoms with Crippen LogP contribution in [-0.2, 0) is 4.79 Å². The van der Waals surface area contributed by atoms with E-state index in [2.05, 4.69) is 20.9 Å². The molecule has 0 atom stereocenters. The molecule has 6 heteroatoms. The largest absolute Gasteiger partial charge is 0.341 e. The molecule has 0 bridgehead atoms. The Morgan fingerprint density at radius 3 is 2.47 bits per heavy atom. The van der Waals surface area contributed by atoms with Gasteiger partial charge in [0.05, 0.1) is 5.56 Å². The molecule has 0 radical (unpaired) electrons. The number of amides is 2. The molecule has 1 aromatic heterocycles. The number of carbonyl (C=O) groups is 2. The van der Waals surface area contributed by atoms with Gasteiger partial charge in [-0.1, -0.05) is 0 Å². The zero-order chi connectivity index (χ0) is 13.8. The van der Waals surface area contributed by atoms with Gasteiger partial charge in [0.2, 0.25) is 5.91 Å². The molecule has 0 aliphatic carbocycles. The predicted octanol–water partition coefficient (Wildman–Crippen LogP) is 1.54. The molecule has 2 heterocycles. The standard InChI is InChI=1S/C13H16BrN3O2/c1-10(18)16-5-2-6-17(8-7-16)13(19)11-3-4-12(14)15-9-11/h3-4,9H,2,5-8H2,1H3. The number of nitrogens with zero attached hydrogens (tertiary/aromatic N) is 3. The Morgan fingerprint density at radius 1 is 1.16 bits per heavy atom. The first kappa shape index (κ1) is 14.0. The smallest absolute Gasteiger partial charge is 0.255 e. The molecule has 0 unspecified atom stereocenters. The molecule has 2 amide bonds. The Kier molecular flexibility index (Phi) is 4.52. The van der Waals surface area contributed by atoms with E-state index >= 15 is 0 Å². The number of halogens is 1. The lowest BCUT2D eigenvalue weighted by molar-refractivity contribution is -0.128. The van der Waals surface area contributed by atoms with E-state index in [1.807, 2.05) is 0 Å². The number of aromatic nitrogens is 1. The lowest BCUT2D eigenvalue weighted by atomic mass is 10.2. The number of pyridine rings is 1. The minimum Gasteiger partial charge on any atom is -0.341 e. The van der Waals surface area contributed by atoms with Gasteiger partial charge in [-0.25, -0.2) is 4.98 Å². The molecular weight excluding hydrogens is 310 g/mol. The summed E-state index contributed by atoms with van der Waals surface area (Å²) in [4.78, 5) is 31.3. The maximum Gasteiger partial charge on any atom is 0.255 e. The van der Waals surface area contributed by atoms with E-state index in [-0.39, 0.29) is 11.8 Å². The van der Waals surface area contributed by atoms with Crippen LogP contribution in [0.15, 0.2) is 22.9 Å². The van der Waals surface area contributed by atoms with E-state index in [1.165, 1.54) is 0 Å². The van der Waals surface area contributed by atoms with Crippen molar-refractivity contribution in [3.05, 3.63) is 28.5 Å². The second-order valence-electron chi connectivity index (χ2n) is 4.52. The van der Waals surface area contributed by atoms with Crippen LogP contribution in [0.3, 0.4) is 0 Å². The van der Waals surface area contributed by atoms with Crippen LogP contribution in [0.4, 0.5) is 0 Å². The number of hydrogen-bond donors (Lipinski definition) is 0. The van der Waals surface area contributed by atoms with Crippen LogP contribution < -0.4 is 0 Å². The molecule has 19 heavy (non-hydrogen) atoms. The maximum atomic E-state index is 12.3. The molecule has 1 aromatic rings. The Balaban J connectivity index is 2.03. The van der Waals surface area contributed by atoms with E-state index in [9.17, 15) is 9.59 Å². The van der Waals surface area contributed by atoms with Crippen molar-refractivity contribution < 1.29 is 9.59 Å². The van der Waals surface area contributed by atoms with Gasteiger partial charge in [0.25, 0.3) is 5.91 Å². The number of carbonyl (C=O) groups excluding carboxylic acids is 2. The maximum absolute atomic E-state index is 12.3. The van der Waals surface area contributed by atoms with Crippen LogP contribution >= 0.6 is 15.9 Å². The zero-order valence-electron chi connectivity index (χ0n) is 10.8. The van der Waals surface area contributed by atoms with Gasteiger partial charge in [-0.05, 0) is 34.5 Å². The highest BCUT2D eigenvalue weighted by Gasteiger charge is 2.21. The average Bonchev–Trinajstić information content (AvgIpc) is 2.64. The molecule has 0 aromatic carbocycles. The fraction of sp³-hybridized carbons (Fsp3) is 0.462. The quantitative estimate of drug-likeness (QED) is 0.736. The fourth-order valence-electron chi connectivity index (χ4n) is 2.12. The van der Waals surface area contributed by atoms with Gasteiger partial charge in [-0.3, -0.25) is 9.59 Å². The first-order valence-electron chi connectivity index (χ1n) is 6.24. The van der Waals surface area contributed by atoms with Crippen LogP contribution in [0, 0.1) is 0 Å². The third kappa shape index (κ3) is 3.53. The molecule has 1 aliphatic rings. The van der Waals surface area contributed by atoms with E-state index in [0.717, 1.165) is 13.0 Å². The van der Waals surface area contributed by atoms with Crippen molar-refractivity contribution in [1.29, 1.82) is 0 Å². The minimum atomic E-state index is -0.0228. The van der Waals surface area contributed by atoms with Crippen molar-refractivity contribution in [3.8, 4) is 0 Å².